The third-order valence-corrected chi connectivity index (χ3v) is 0. The summed E-state index contributed by atoms with van der Waals surface area (Å²) < 4.78 is 8.55. The minimum Gasteiger partial charge on any atom is -0.822 e. The van der Waals surface area contributed by atoms with Crippen molar-refractivity contribution in [2.45, 2.75) is 0 Å². The molecule has 0 aromatic carbocycles. The van der Waals surface area contributed by atoms with E-state index >= 15 is 0 Å². The topological polar surface area (TPSA) is 86.2 Å². The molecule has 0 fully saturated rings. The van der Waals surface area contributed by atoms with Gasteiger partial charge in [-0.3, -0.25) is 0 Å². The summed E-state index contributed by atoms with van der Waals surface area (Å²) >= 11 is 0. The van der Waals surface area contributed by atoms with Crippen LogP contribution in [0.3, 0.4) is 0 Å². The van der Waals surface area contributed by atoms with Gasteiger partial charge in [0.15, 0.2) is 0 Å². The molecule has 0 aliphatic carbocycles. The van der Waals surface area contributed by atoms with E-state index in [2.05, 4.69) is 0 Å². The van der Waals surface area contributed by atoms with Gasteiger partial charge in [0.25, 0.3) is 0 Å². The standard InChI is InChI=1S/ClH2.H3O4P.Pb/c;1-5(2,3)4;/h1H2;(H3,1,2,3,4);/q+1;;+2/p-3. The van der Waals surface area contributed by atoms with Crippen LogP contribution in [-0.2, 0) is 4.57 Å². The summed E-state index contributed by atoms with van der Waals surface area (Å²) in [6, 6.07) is 0. The molecule has 7 heteroatoms. The molecule has 2 radical (unpaired) electrons. The SMILES string of the molecule is O=P([O-])([O-])[O-].[ClH2+].[Pb+2]. The number of rotatable bonds is 0. The predicted molar refractivity (Wildman–Crippen MR) is 16.2 cm³/mol. The van der Waals surface area contributed by atoms with E-state index in [4.69, 9.17) is 19.2 Å². The Hall–Kier alpha value is 1.32. The van der Waals surface area contributed by atoms with Crippen molar-refractivity contribution in [3.8, 4) is 0 Å². The largest absolute Gasteiger partial charge is 2.00 e. The summed E-state index contributed by atoms with van der Waals surface area (Å²) in [5.74, 6) is 0. The molecule has 7 heavy (non-hydrogen) atoms. The van der Waals surface area contributed by atoms with Crippen LogP contribution in [0.15, 0.2) is 0 Å². The third kappa shape index (κ3) is 119. The van der Waals surface area contributed by atoms with Crippen molar-refractivity contribution >= 4 is 35.1 Å². The van der Waals surface area contributed by atoms with Crippen molar-refractivity contribution in [1.82, 2.24) is 0 Å². The fourth-order valence-corrected chi connectivity index (χ4v) is 0. The van der Waals surface area contributed by atoms with Gasteiger partial charge >= 0.3 is 27.3 Å². The molecular formula is H2ClO4PPb. The van der Waals surface area contributed by atoms with Crippen molar-refractivity contribution in [3.63, 3.8) is 0 Å². The Balaban J connectivity index is -0.0000000800. The molecule has 0 N–H and O–H groups in total. The van der Waals surface area contributed by atoms with Gasteiger partial charge < -0.3 is 19.2 Å². The van der Waals surface area contributed by atoms with Crippen LogP contribution in [0.5, 0.6) is 0 Å². The zero-order chi connectivity index (χ0) is 4.50. The van der Waals surface area contributed by atoms with Crippen LogP contribution in [0.25, 0.3) is 0 Å². The van der Waals surface area contributed by atoms with E-state index in [1.54, 1.807) is 0 Å². The van der Waals surface area contributed by atoms with Crippen molar-refractivity contribution in [2.75, 3.05) is 0 Å². The van der Waals surface area contributed by atoms with E-state index in [-0.39, 0.29) is 39.7 Å². The van der Waals surface area contributed by atoms with Crippen LogP contribution in [0.1, 0.15) is 0 Å². The first-order valence-electron chi connectivity index (χ1n) is 0.730. The summed E-state index contributed by atoms with van der Waals surface area (Å²) in [6.07, 6.45) is 0. The first kappa shape index (κ1) is 15.8. The van der Waals surface area contributed by atoms with E-state index in [1.165, 1.54) is 0 Å². The van der Waals surface area contributed by atoms with Gasteiger partial charge in [-0.25, -0.2) is 0 Å². The monoisotopic (exact) mass is 340 g/mol. The second-order valence-corrected chi connectivity index (χ2v) is 1.34. The molecule has 4 nitrogen and oxygen atoms in total. The maximum absolute atomic E-state index is 8.55. The smallest absolute Gasteiger partial charge is 0.822 e. The van der Waals surface area contributed by atoms with Crippen LogP contribution >= 0.6 is 7.82 Å². The summed E-state index contributed by atoms with van der Waals surface area (Å²) in [5.41, 5.74) is 0. The zero-order valence-electron chi connectivity index (χ0n) is 3.03. The van der Waals surface area contributed by atoms with Crippen LogP contribution in [0.4, 0.5) is 0 Å². The second-order valence-electron chi connectivity index (χ2n) is 0.447. The van der Waals surface area contributed by atoms with E-state index in [1.807, 2.05) is 0 Å². The van der Waals surface area contributed by atoms with Gasteiger partial charge in [-0.05, 0) is 0 Å². The van der Waals surface area contributed by atoms with Crippen LogP contribution < -0.4 is 14.7 Å². The molecule has 0 aromatic rings. The van der Waals surface area contributed by atoms with E-state index in [9.17, 15) is 0 Å². The van der Waals surface area contributed by atoms with Crippen molar-refractivity contribution < 1.29 is 31.7 Å². The summed E-state index contributed by atoms with van der Waals surface area (Å²) in [4.78, 5) is 25.6. The average Bonchev–Trinajstić information content (AvgIpc) is 0.722. The van der Waals surface area contributed by atoms with Crippen molar-refractivity contribution in [2.24, 2.45) is 0 Å². The molecule has 0 aliphatic rings. The normalized spacial score (nSPS) is 8.43. The van der Waals surface area contributed by atoms with Gasteiger partial charge in [-0.2, -0.15) is 7.82 Å². The Morgan fingerprint density at radius 3 is 1.14 bits per heavy atom. The molecular weight excluding hydrogens is 338 g/mol. The van der Waals surface area contributed by atoms with Crippen LogP contribution in [0.2, 0.25) is 0 Å². The second kappa shape index (κ2) is 5.46. The Labute approximate surface area is 66.7 Å². The molecule has 0 aliphatic heterocycles. The minimum absolute atomic E-state index is 0. The van der Waals surface area contributed by atoms with E-state index < -0.39 is 7.82 Å². The number of phosphoric acid groups is 1. The summed E-state index contributed by atoms with van der Waals surface area (Å²) in [7, 11) is -5.39. The zero-order valence-corrected chi connectivity index (χ0v) is 8.70. The number of halogens is 1. The minimum atomic E-state index is -5.39. The molecule has 0 unspecified atom stereocenters. The fraction of sp³-hybridized carbons (Fsp3) is 0. The first-order chi connectivity index (χ1) is 2.00. The maximum atomic E-state index is 8.55. The van der Waals surface area contributed by atoms with Crippen molar-refractivity contribution in [3.05, 3.63) is 0 Å². The fourth-order valence-electron chi connectivity index (χ4n) is 0. The Morgan fingerprint density at radius 1 is 1.14 bits per heavy atom. The number of hydrogen-bond donors (Lipinski definition) is 0. The van der Waals surface area contributed by atoms with E-state index in [0.29, 0.717) is 0 Å². The van der Waals surface area contributed by atoms with Crippen LogP contribution in [-0.4, -0.2) is 27.3 Å². The van der Waals surface area contributed by atoms with Gasteiger partial charge in [-0.1, -0.05) is 0 Å². The molecule has 0 saturated carbocycles. The number of hydrogen-bond acceptors (Lipinski definition) is 4. The Kier molecular flexibility index (Phi) is 12.3. The van der Waals surface area contributed by atoms with Gasteiger partial charge in [-0.15, -0.1) is 0 Å². The van der Waals surface area contributed by atoms with Gasteiger partial charge in [0, 0.05) is 0 Å². The molecule has 0 spiro atoms. The van der Waals surface area contributed by atoms with Gasteiger partial charge in [0.05, 0.1) is 12.4 Å². The van der Waals surface area contributed by atoms with Crippen LogP contribution in [0, 0.1) is 12.4 Å². The Bertz CT molecular complexity index is 57.8. The van der Waals surface area contributed by atoms with Crippen molar-refractivity contribution in [1.29, 1.82) is 0 Å². The molecule has 0 saturated heterocycles. The molecule has 0 bridgehead atoms. The predicted octanol–water partition coefficient (Wildman–Crippen LogP) is -3.74. The molecule has 0 atom stereocenters. The molecule has 0 aromatic heterocycles. The third-order valence-electron chi connectivity index (χ3n) is 0. The molecule has 0 rings (SSSR count). The van der Waals surface area contributed by atoms with E-state index in [0.717, 1.165) is 0 Å². The maximum Gasteiger partial charge on any atom is 2.00 e. The molecule has 0 amide bonds. The van der Waals surface area contributed by atoms with Gasteiger partial charge in [0.2, 0.25) is 0 Å². The average molecular weight is 340 g/mol. The quantitative estimate of drug-likeness (QED) is 0.335. The Morgan fingerprint density at radius 2 is 1.14 bits per heavy atom. The molecule has 42 valence electrons. The summed E-state index contributed by atoms with van der Waals surface area (Å²) in [5, 5.41) is 0. The molecule has 0 heterocycles. The van der Waals surface area contributed by atoms with Gasteiger partial charge in [0.1, 0.15) is 0 Å². The summed E-state index contributed by atoms with van der Waals surface area (Å²) in [6.45, 7) is 0. The first-order valence-corrected chi connectivity index (χ1v) is 2.19.